The van der Waals surface area contributed by atoms with Crippen molar-refractivity contribution in [1.29, 1.82) is 0 Å². The standard InChI is InChI=1S/C21H22N2O5/c1-27-18-10-3-15(4-11-18)5-12-19(24)22-14-13-20(25)23-17-8-6-16(7-9-17)21(26)28-2/h3-12H,13-14H2,1-2H3,(H,22,24)(H,23,25)/b12-5+. The van der Waals surface area contributed by atoms with E-state index in [1.165, 1.54) is 13.2 Å². The van der Waals surface area contributed by atoms with E-state index in [0.29, 0.717) is 11.3 Å². The van der Waals surface area contributed by atoms with E-state index >= 15 is 0 Å². The van der Waals surface area contributed by atoms with Gasteiger partial charge in [0.25, 0.3) is 0 Å². The summed E-state index contributed by atoms with van der Waals surface area (Å²) in [5, 5.41) is 5.35. The summed E-state index contributed by atoms with van der Waals surface area (Å²) in [6.07, 6.45) is 3.21. The summed E-state index contributed by atoms with van der Waals surface area (Å²) in [6, 6.07) is 13.6. The molecule has 0 saturated carbocycles. The van der Waals surface area contributed by atoms with Crippen molar-refractivity contribution in [2.24, 2.45) is 0 Å². The zero-order valence-electron chi connectivity index (χ0n) is 15.7. The summed E-state index contributed by atoms with van der Waals surface area (Å²) in [5.74, 6) is -0.230. The van der Waals surface area contributed by atoms with Crippen molar-refractivity contribution in [1.82, 2.24) is 5.32 Å². The Balaban J connectivity index is 1.72. The fraction of sp³-hybridized carbons (Fsp3) is 0.190. The van der Waals surface area contributed by atoms with Crippen LogP contribution in [0.15, 0.2) is 54.6 Å². The Labute approximate surface area is 163 Å². The molecule has 0 spiro atoms. The van der Waals surface area contributed by atoms with Crippen molar-refractivity contribution in [2.45, 2.75) is 6.42 Å². The number of carbonyl (C=O) groups is 3. The van der Waals surface area contributed by atoms with Crippen LogP contribution in [0.5, 0.6) is 5.75 Å². The van der Waals surface area contributed by atoms with Crippen LogP contribution in [-0.2, 0) is 14.3 Å². The molecule has 2 aromatic rings. The van der Waals surface area contributed by atoms with E-state index in [0.717, 1.165) is 11.3 Å². The summed E-state index contributed by atoms with van der Waals surface area (Å²) < 4.78 is 9.69. The molecule has 2 rings (SSSR count). The van der Waals surface area contributed by atoms with E-state index in [9.17, 15) is 14.4 Å². The van der Waals surface area contributed by atoms with Crippen LogP contribution >= 0.6 is 0 Å². The van der Waals surface area contributed by atoms with E-state index in [-0.39, 0.29) is 24.8 Å². The van der Waals surface area contributed by atoms with E-state index in [1.54, 1.807) is 49.6 Å². The zero-order valence-corrected chi connectivity index (χ0v) is 15.7. The van der Waals surface area contributed by atoms with Crippen LogP contribution < -0.4 is 15.4 Å². The molecule has 2 amide bonds. The van der Waals surface area contributed by atoms with Gasteiger partial charge >= 0.3 is 5.97 Å². The molecule has 0 bridgehead atoms. The fourth-order valence-electron chi connectivity index (χ4n) is 2.28. The Morgan fingerprint density at radius 1 is 0.964 bits per heavy atom. The normalized spacial score (nSPS) is 10.4. The van der Waals surface area contributed by atoms with Crippen molar-refractivity contribution in [3.63, 3.8) is 0 Å². The second-order valence-corrected chi connectivity index (χ2v) is 5.76. The number of nitrogens with one attached hydrogen (secondary N) is 2. The van der Waals surface area contributed by atoms with Gasteiger partial charge in [0, 0.05) is 24.7 Å². The molecule has 0 aliphatic heterocycles. The number of benzene rings is 2. The predicted octanol–water partition coefficient (Wildman–Crippen LogP) is 2.64. The number of rotatable bonds is 8. The van der Waals surface area contributed by atoms with Gasteiger partial charge in [0.1, 0.15) is 5.75 Å². The maximum atomic E-state index is 11.9. The Kier molecular flexibility index (Phi) is 7.77. The largest absolute Gasteiger partial charge is 0.497 e. The Morgan fingerprint density at radius 2 is 1.64 bits per heavy atom. The molecule has 0 radical (unpaired) electrons. The maximum Gasteiger partial charge on any atom is 0.337 e. The highest BCUT2D eigenvalue weighted by atomic mass is 16.5. The highest BCUT2D eigenvalue weighted by Crippen LogP contribution is 2.12. The first kappa shape index (κ1) is 20.7. The third-order valence-electron chi connectivity index (χ3n) is 3.78. The highest BCUT2D eigenvalue weighted by molar-refractivity contribution is 5.94. The van der Waals surface area contributed by atoms with Crippen LogP contribution in [0.3, 0.4) is 0 Å². The second kappa shape index (κ2) is 10.5. The van der Waals surface area contributed by atoms with Gasteiger partial charge in [0.05, 0.1) is 19.8 Å². The molecule has 0 fully saturated rings. The first-order valence-corrected chi connectivity index (χ1v) is 8.60. The minimum absolute atomic E-state index is 0.126. The number of ether oxygens (including phenoxy) is 2. The van der Waals surface area contributed by atoms with Crippen molar-refractivity contribution in [2.75, 3.05) is 26.1 Å². The molecular weight excluding hydrogens is 360 g/mol. The van der Waals surface area contributed by atoms with Gasteiger partial charge in [-0.1, -0.05) is 12.1 Å². The fourth-order valence-corrected chi connectivity index (χ4v) is 2.28. The molecule has 7 heteroatoms. The zero-order chi connectivity index (χ0) is 20.4. The lowest BCUT2D eigenvalue weighted by Gasteiger charge is -2.06. The second-order valence-electron chi connectivity index (χ2n) is 5.76. The van der Waals surface area contributed by atoms with Crippen LogP contribution in [0, 0.1) is 0 Å². The first-order chi connectivity index (χ1) is 13.5. The van der Waals surface area contributed by atoms with Gasteiger partial charge in [-0.15, -0.1) is 0 Å². The minimum Gasteiger partial charge on any atom is -0.497 e. The minimum atomic E-state index is -0.441. The average molecular weight is 382 g/mol. The van der Waals surface area contributed by atoms with E-state index in [1.807, 2.05) is 12.1 Å². The number of carbonyl (C=O) groups excluding carboxylic acids is 3. The third-order valence-corrected chi connectivity index (χ3v) is 3.78. The number of hydrogen-bond acceptors (Lipinski definition) is 5. The summed E-state index contributed by atoms with van der Waals surface area (Å²) in [6.45, 7) is 0.206. The Bertz CT molecular complexity index is 842. The lowest BCUT2D eigenvalue weighted by Crippen LogP contribution is -2.26. The summed E-state index contributed by atoms with van der Waals surface area (Å²) in [7, 11) is 2.89. The summed E-state index contributed by atoms with van der Waals surface area (Å²) in [4.78, 5) is 35.1. The molecule has 7 nitrogen and oxygen atoms in total. The van der Waals surface area contributed by atoms with Gasteiger partial charge in [-0.05, 0) is 48.0 Å². The maximum absolute atomic E-state index is 11.9. The van der Waals surface area contributed by atoms with Gasteiger partial charge < -0.3 is 20.1 Å². The molecule has 0 aliphatic rings. The van der Waals surface area contributed by atoms with E-state index < -0.39 is 5.97 Å². The van der Waals surface area contributed by atoms with Crippen molar-refractivity contribution in [3.8, 4) is 5.75 Å². The van der Waals surface area contributed by atoms with E-state index in [2.05, 4.69) is 15.4 Å². The average Bonchev–Trinajstić information content (AvgIpc) is 2.72. The molecule has 0 heterocycles. The molecule has 0 saturated heterocycles. The number of amides is 2. The van der Waals surface area contributed by atoms with Crippen LogP contribution in [0.2, 0.25) is 0 Å². The van der Waals surface area contributed by atoms with Crippen molar-refractivity contribution < 1.29 is 23.9 Å². The molecular formula is C21H22N2O5. The Hall–Kier alpha value is -3.61. The molecule has 146 valence electrons. The summed E-state index contributed by atoms with van der Waals surface area (Å²) in [5.41, 5.74) is 1.82. The lowest BCUT2D eigenvalue weighted by molar-refractivity contribution is -0.117. The van der Waals surface area contributed by atoms with Crippen LogP contribution in [0.4, 0.5) is 5.69 Å². The number of anilines is 1. The molecule has 0 atom stereocenters. The van der Waals surface area contributed by atoms with Crippen LogP contribution in [-0.4, -0.2) is 38.5 Å². The van der Waals surface area contributed by atoms with Crippen LogP contribution in [0.25, 0.3) is 6.08 Å². The lowest BCUT2D eigenvalue weighted by atomic mass is 10.2. The van der Waals surface area contributed by atoms with Gasteiger partial charge in [-0.3, -0.25) is 9.59 Å². The summed E-state index contributed by atoms with van der Waals surface area (Å²) >= 11 is 0. The quantitative estimate of drug-likeness (QED) is 0.541. The SMILES string of the molecule is COC(=O)c1ccc(NC(=O)CCNC(=O)/C=C/c2ccc(OC)cc2)cc1. The third kappa shape index (κ3) is 6.60. The van der Waals surface area contributed by atoms with Gasteiger partial charge in [0.2, 0.25) is 11.8 Å². The topological polar surface area (TPSA) is 93.7 Å². The number of esters is 1. The molecule has 2 N–H and O–H groups in total. The monoisotopic (exact) mass is 382 g/mol. The van der Waals surface area contributed by atoms with Crippen LogP contribution in [0.1, 0.15) is 22.3 Å². The number of hydrogen-bond donors (Lipinski definition) is 2. The van der Waals surface area contributed by atoms with Gasteiger partial charge in [0.15, 0.2) is 0 Å². The van der Waals surface area contributed by atoms with Gasteiger partial charge in [-0.2, -0.15) is 0 Å². The Morgan fingerprint density at radius 3 is 2.25 bits per heavy atom. The molecule has 28 heavy (non-hydrogen) atoms. The molecule has 0 aliphatic carbocycles. The first-order valence-electron chi connectivity index (χ1n) is 8.60. The van der Waals surface area contributed by atoms with Crippen molar-refractivity contribution in [3.05, 3.63) is 65.7 Å². The predicted molar refractivity (Wildman–Crippen MR) is 106 cm³/mol. The molecule has 2 aromatic carbocycles. The highest BCUT2D eigenvalue weighted by Gasteiger charge is 2.06. The van der Waals surface area contributed by atoms with Gasteiger partial charge in [-0.25, -0.2) is 4.79 Å². The van der Waals surface area contributed by atoms with E-state index in [4.69, 9.17) is 4.74 Å². The number of methoxy groups -OCH3 is 2. The molecule has 0 aromatic heterocycles. The van der Waals surface area contributed by atoms with Crippen molar-refractivity contribution >= 4 is 29.5 Å². The smallest absolute Gasteiger partial charge is 0.337 e. The molecule has 0 unspecified atom stereocenters.